The van der Waals surface area contributed by atoms with E-state index in [2.05, 4.69) is 0 Å². The Kier molecular flexibility index (Phi) is 4.55. The quantitative estimate of drug-likeness (QED) is 0.807. The van der Waals surface area contributed by atoms with Crippen molar-refractivity contribution in [1.82, 2.24) is 0 Å². The summed E-state index contributed by atoms with van der Waals surface area (Å²) in [5.74, 6) is -1.37. The summed E-state index contributed by atoms with van der Waals surface area (Å²) in [4.78, 5) is 10.7. The lowest BCUT2D eigenvalue weighted by Crippen LogP contribution is -2.37. The van der Waals surface area contributed by atoms with Gasteiger partial charge < -0.3 is 10.2 Å². The molecule has 1 rings (SSSR count). The lowest BCUT2D eigenvalue weighted by molar-refractivity contribution is -0.135. The third-order valence-corrected chi connectivity index (χ3v) is 4.15. The minimum atomic E-state index is -3.66. The number of aliphatic carboxylic acids is 1. The van der Waals surface area contributed by atoms with Crippen molar-refractivity contribution in [2.75, 3.05) is 16.6 Å². The van der Waals surface area contributed by atoms with Crippen LogP contribution in [0.3, 0.4) is 0 Å². The van der Waals surface area contributed by atoms with Gasteiger partial charge in [-0.15, -0.1) is 0 Å². The number of benzene rings is 1. The predicted octanol–water partition coefficient (Wildman–Crippen LogP) is 1.02. The molecule has 0 aliphatic heterocycles. The van der Waals surface area contributed by atoms with Crippen LogP contribution in [0.25, 0.3) is 0 Å². The van der Waals surface area contributed by atoms with Crippen LogP contribution in [0.4, 0.5) is 5.69 Å². The summed E-state index contributed by atoms with van der Waals surface area (Å²) in [5, 5.41) is 17.9. The maximum atomic E-state index is 12.0. The number of sulfonamides is 1. The van der Waals surface area contributed by atoms with Gasteiger partial charge in [-0.2, -0.15) is 0 Å². The van der Waals surface area contributed by atoms with Gasteiger partial charge >= 0.3 is 5.97 Å². The van der Waals surface area contributed by atoms with Gasteiger partial charge in [0.25, 0.3) is 0 Å². The lowest BCUT2D eigenvalue weighted by atomic mass is 10.3. The second-order valence-electron chi connectivity index (χ2n) is 3.73. The van der Waals surface area contributed by atoms with Gasteiger partial charge in [-0.3, -0.25) is 9.10 Å². The highest BCUT2D eigenvalue weighted by molar-refractivity contribution is 7.92. The van der Waals surface area contributed by atoms with Gasteiger partial charge in [-0.25, -0.2) is 8.42 Å². The lowest BCUT2D eigenvalue weighted by Gasteiger charge is -2.22. The molecule has 6 nitrogen and oxygen atoms in total. The number of phenols is 1. The number of nitrogens with zero attached hydrogens (tertiary/aromatic N) is 1. The zero-order chi connectivity index (χ0) is 13.8. The second kappa shape index (κ2) is 5.72. The standard InChI is InChI=1S/C11H15NO5S/c1-2-7-18(16,17)12(8-11(14)15)9-3-5-10(13)6-4-9/h3-6,13H,2,7-8H2,1H3,(H,14,15). The summed E-state index contributed by atoms with van der Waals surface area (Å²) in [6.07, 6.45) is 0.399. The Morgan fingerprint density at radius 1 is 1.28 bits per heavy atom. The Bertz CT molecular complexity index is 509. The molecule has 100 valence electrons. The SMILES string of the molecule is CCCS(=O)(=O)N(CC(=O)O)c1ccc(O)cc1. The van der Waals surface area contributed by atoms with Crippen LogP contribution in [-0.4, -0.2) is 36.9 Å². The van der Waals surface area contributed by atoms with E-state index in [-0.39, 0.29) is 17.2 Å². The number of rotatable bonds is 6. The summed E-state index contributed by atoms with van der Waals surface area (Å²) in [5.41, 5.74) is 0.226. The van der Waals surface area contributed by atoms with Crippen molar-refractivity contribution in [1.29, 1.82) is 0 Å². The van der Waals surface area contributed by atoms with Crippen LogP contribution < -0.4 is 4.31 Å². The zero-order valence-corrected chi connectivity index (χ0v) is 10.7. The van der Waals surface area contributed by atoms with Crippen LogP contribution >= 0.6 is 0 Å². The van der Waals surface area contributed by atoms with Crippen LogP contribution in [0.5, 0.6) is 5.75 Å². The first-order chi connectivity index (χ1) is 8.36. The molecule has 0 fully saturated rings. The fourth-order valence-electron chi connectivity index (χ4n) is 1.46. The number of phenolic OH excluding ortho intramolecular Hbond substituents is 1. The van der Waals surface area contributed by atoms with E-state index in [9.17, 15) is 13.2 Å². The molecule has 2 N–H and O–H groups in total. The van der Waals surface area contributed by atoms with E-state index in [1.165, 1.54) is 24.3 Å². The van der Waals surface area contributed by atoms with Gasteiger partial charge in [0.05, 0.1) is 11.4 Å². The van der Waals surface area contributed by atoms with E-state index in [0.717, 1.165) is 4.31 Å². The van der Waals surface area contributed by atoms with Crippen molar-refractivity contribution in [2.24, 2.45) is 0 Å². The summed E-state index contributed by atoms with van der Waals surface area (Å²) in [6.45, 7) is 1.07. The molecule has 0 aliphatic rings. The number of carboxylic acids is 1. The Morgan fingerprint density at radius 3 is 2.28 bits per heavy atom. The largest absolute Gasteiger partial charge is 0.508 e. The minimum Gasteiger partial charge on any atom is -0.508 e. The molecule has 0 aromatic heterocycles. The number of carboxylic acid groups (broad SMARTS) is 1. The molecule has 7 heteroatoms. The van der Waals surface area contributed by atoms with E-state index in [4.69, 9.17) is 10.2 Å². The summed E-state index contributed by atoms with van der Waals surface area (Å²) in [6, 6.07) is 5.36. The molecular formula is C11H15NO5S. The molecule has 0 saturated heterocycles. The molecule has 18 heavy (non-hydrogen) atoms. The Morgan fingerprint density at radius 2 is 1.83 bits per heavy atom. The third kappa shape index (κ3) is 3.63. The van der Waals surface area contributed by atoms with E-state index >= 15 is 0 Å². The van der Waals surface area contributed by atoms with Crippen LogP contribution in [0, 0.1) is 0 Å². The van der Waals surface area contributed by atoms with Crippen molar-refractivity contribution in [3.05, 3.63) is 24.3 Å². The van der Waals surface area contributed by atoms with Crippen LogP contribution in [0.15, 0.2) is 24.3 Å². The van der Waals surface area contributed by atoms with Gasteiger partial charge in [-0.1, -0.05) is 6.92 Å². The number of hydrogen-bond donors (Lipinski definition) is 2. The molecule has 1 aromatic carbocycles. The molecule has 0 spiro atoms. The predicted molar refractivity (Wildman–Crippen MR) is 67.2 cm³/mol. The van der Waals surface area contributed by atoms with Crippen molar-refractivity contribution >= 4 is 21.7 Å². The Labute approximate surface area is 106 Å². The highest BCUT2D eigenvalue weighted by Crippen LogP contribution is 2.21. The van der Waals surface area contributed by atoms with Gasteiger partial charge in [0.1, 0.15) is 12.3 Å². The fourth-order valence-corrected chi connectivity index (χ4v) is 2.95. The van der Waals surface area contributed by atoms with E-state index in [1.54, 1.807) is 6.92 Å². The van der Waals surface area contributed by atoms with Gasteiger partial charge in [0.15, 0.2) is 0 Å². The van der Waals surface area contributed by atoms with Crippen LogP contribution in [0.1, 0.15) is 13.3 Å². The van der Waals surface area contributed by atoms with E-state index in [1.807, 2.05) is 0 Å². The van der Waals surface area contributed by atoms with Crippen molar-refractivity contribution < 1.29 is 23.4 Å². The molecule has 0 unspecified atom stereocenters. The minimum absolute atomic E-state index is 0.0121. The van der Waals surface area contributed by atoms with Crippen LogP contribution in [0.2, 0.25) is 0 Å². The first kappa shape index (κ1) is 14.3. The highest BCUT2D eigenvalue weighted by Gasteiger charge is 2.23. The van der Waals surface area contributed by atoms with Gasteiger partial charge in [0, 0.05) is 0 Å². The Balaban J connectivity index is 3.13. The maximum Gasteiger partial charge on any atom is 0.324 e. The van der Waals surface area contributed by atoms with Crippen LogP contribution in [-0.2, 0) is 14.8 Å². The smallest absolute Gasteiger partial charge is 0.324 e. The summed E-state index contributed by atoms with van der Waals surface area (Å²) >= 11 is 0. The number of aromatic hydroxyl groups is 1. The molecule has 0 heterocycles. The molecule has 0 atom stereocenters. The molecule has 0 aliphatic carbocycles. The molecule has 1 aromatic rings. The summed E-state index contributed by atoms with van der Waals surface area (Å²) < 4.78 is 24.7. The molecular weight excluding hydrogens is 258 g/mol. The molecule has 0 saturated carbocycles. The Hall–Kier alpha value is -1.76. The average Bonchev–Trinajstić information content (AvgIpc) is 2.27. The average molecular weight is 273 g/mol. The molecule has 0 amide bonds. The van der Waals surface area contributed by atoms with Gasteiger partial charge in [0.2, 0.25) is 10.0 Å². The topological polar surface area (TPSA) is 94.9 Å². The van der Waals surface area contributed by atoms with Crippen molar-refractivity contribution in [3.63, 3.8) is 0 Å². The zero-order valence-electron chi connectivity index (χ0n) is 9.91. The normalized spacial score (nSPS) is 11.2. The van der Waals surface area contributed by atoms with Gasteiger partial charge in [-0.05, 0) is 30.7 Å². The number of anilines is 1. The fraction of sp³-hybridized carbons (Fsp3) is 0.364. The van der Waals surface area contributed by atoms with Crippen molar-refractivity contribution in [3.8, 4) is 5.75 Å². The van der Waals surface area contributed by atoms with E-state index < -0.39 is 22.5 Å². The second-order valence-corrected chi connectivity index (χ2v) is 5.75. The third-order valence-electron chi connectivity index (χ3n) is 2.21. The summed E-state index contributed by atoms with van der Waals surface area (Å²) in [7, 11) is -3.66. The maximum absolute atomic E-state index is 12.0. The first-order valence-electron chi connectivity index (χ1n) is 5.38. The number of hydrogen-bond acceptors (Lipinski definition) is 4. The molecule has 0 radical (unpaired) electrons. The number of carbonyl (C=O) groups is 1. The van der Waals surface area contributed by atoms with E-state index in [0.29, 0.717) is 6.42 Å². The van der Waals surface area contributed by atoms with Crippen molar-refractivity contribution in [2.45, 2.75) is 13.3 Å². The highest BCUT2D eigenvalue weighted by atomic mass is 32.2. The monoisotopic (exact) mass is 273 g/mol. The first-order valence-corrected chi connectivity index (χ1v) is 6.99. The molecule has 0 bridgehead atoms.